The van der Waals surface area contributed by atoms with Crippen molar-refractivity contribution < 1.29 is 4.79 Å². The summed E-state index contributed by atoms with van der Waals surface area (Å²) in [5.74, 6) is 0.0897. The third-order valence-electron chi connectivity index (χ3n) is 3.28. The number of amides is 1. The Balaban J connectivity index is 1.78. The van der Waals surface area contributed by atoms with Gasteiger partial charge in [0.15, 0.2) is 0 Å². The minimum absolute atomic E-state index is 0.0897. The molecule has 3 rings (SSSR count). The van der Waals surface area contributed by atoms with E-state index in [1.165, 1.54) is 11.8 Å². The molecule has 1 fully saturated rings. The van der Waals surface area contributed by atoms with Crippen LogP contribution in [0, 0.1) is 6.92 Å². The molecule has 1 aliphatic rings. The maximum absolute atomic E-state index is 12.0. The lowest BCUT2D eigenvalue weighted by atomic mass is 10.3. The van der Waals surface area contributed by atoms with E-state index >= 15 is 0 Å². The minimum Gasteiger partial charge on any atom is -0.352 e. The summed E-state index contributed by atoms with van der Waals surface area (Å²) in [7, 11) is 0. The van der Waals surface area contributed by atoms with E-state index in [9.17, 15) is 4.79 Å². The van der Waals surface area contributed by atoms with Crippen LogP contribution in [0.3, 0.4) is 0 Å². The molecule has 1 saturated carbocycles. The fraction of sp³-hybridized carbons (Fsp3) is 0.400. The van der Waals surface area contributed by atoms with Gasteiger partial charge in [0.25, 0.3) is 0 Å². The first-order valence-electron chi connectivity index (χ1n) is 6.84. The SMILES string of the molecule is Cc1nc2ccccc2nc1S[C@H](C)C(=O)NC1CC1. The number of thioether (sulfide) groups is 1. The zero-order valence-corrected chi connectivity index (χ0v) is 12.4. The van der Waals surface area contributed by atoms with Gasteiger partial charge in [-0.3, -0.25) is 4.79 Å². The topological polar surface area (TPSA) is 54.9 Å². The molecule has 2 aromatic rings. The van der Waals surface area contributed by atoms with Crippen molar-refractivity contribution in [1.82, 2.24) is 15.3 Å². The molecule has 0 saturated heterocycles. The Morgan fingerprint density at radius 2 is 1.95 bits per heavy atom. The molecule has 1 aromatic heterocycles. The Bertz CT molecular complexity index is 655. The average molecular weight is 287 g/mol. The predicted octanol–water partition coefficient (Wildman–Crippen LogP) is 2.70. The molecular weight excluding hydrogens is 270 g/mol. The number of fused-ring (bicyclic) bond motifs is 1. The van der Waals surface area contributed by atoms with Crippen LogP contribution in [0.1, 0.15) is 25.5 Å². The van der Waals surface area contributed by atoms with Crippen molar-refractivity contribution in [3.8, 4) is 0 Å². The molecule has 0 bridgehead atoms. The highest BCUT2D eigenvalue weighted by atomic mass is 32.2. The number of hydrogen-bond acceptors (Lipinski definition) is 4. The maximum atomic E-state index is 12.0. The van der Waals surface area contributed by atoms with Gasteiger partial charge in [-0.05, 0) is 38.8 Å². The van der Waals surface area contributed by atoms with E-state index in [1.807, 2.05) is 38.1 Å². The van der Waals surface area contributed by atoms with Gasteiger partial charge in [0, 0.05) is 6.04 Å². The number of carbonyl (C=O) groups is 1. The molecule has 104 valence electrons. The van der Waals surface area contributed by atoms with Crippen molar-refractivity contribution in [2.75, 3.05) is 0 Å². The third kappa shape index (κ3) is 2.93. The summed E-state index contributed by atoms with van der Waals surface area (Å²) >= 11 is 1.48. The van der Waals surface area contributed by atoms with Crippen LogP contribution in [0.2, 0.25) is 0 Å². The summed E-state index contributed by atoms with van der Waals surface area (Å²) in [6, 6.07) is 8.20. The van der Waals surface area contributed by atoms with Crippen LogP contribution in [0.25, 0.3) is 11.0 Å². The van der Waals surface area contributed by atoms with Gasteiger partial charge in [-0.1, -0.05) is 23.9 Å². The summed E-state index contributed by atoms with van der Waals surface area (Å²) in [5.41, 5.74) is 2.64. The molecule has 20 heavy (non-hydrogen) atoms. The van der Waals surface area contributed by atoms with Gasteiger partial charge in [-0.15, -0.1) is 0 Å². The summed E-state index contributed by atoms with van der Waals surface area (Å²) in [6.45, 7) is 3.85. The molecule has 1 amide bonds. The van der Waals surface area contributed by atoms with Gasteiger partial charge in [0.05, 0.1) is 22.0 Å². The molecule has 0 aliphatic heterocycles. The molecule has 0 spiro atoms. The quantitative estimate of drug-likeness (QED) is 0.878. The van der Waals surface area contributed by atoms with Crippen molar-refractivity contribution in [2.24, 2.45) is 0 Å². The van der Waals surface area contributed by atoms with Crippen molar-refractivity contribution in [3.05, 3.63) is 30.0 Å². The van der Waals surface area contributed by atoms with Crippen molar-refractivity contribution in [2.45, 2.75) is 43.0 Å². The highest BCUT2D eigenvalue weighted by molar-refractivity contribution is 8.00. The number of benzene rings is 1. The van der Waals surface area contributed by atoms with E-state index in [4.69, 9.17) is 0 Å². The second-order valence-electron chi connectivity index (χ2n) is 5.15. The Labute approximate surface area is 122 Å². The first-order valence-corrected chi connectivity index (χ1v) is 7.72. The highest BCUT2D eigenvalue weighted by Gasteiger charge is 2.26. The molecular formula is C15H17N3OS. The van der Waals surface area contributed by atoms with Crippen molar-refractivity contribution in [3.63, 3.8) is 0 Å². The summed E-state index contributed by atoms with van der Waals surface area (Å²) < 4.78 is 0. The van der Waals surface area contributed by atoms with Gasteiger partial charge < -0.3 is 5.32 Å². The second-order valence-corrected chi connectivity index (χ2v) is 6.48. The van der Waals surface area contributed by atoms with Gasteiger partial charge in [-0.2, -0.15) is 0 Å². The molecule has 1 N–H and O–H groups in total. The van der Waals surface area contributed by atoms with Crippen molar-refractivity contribution in [1.29, 1.82) is 0 Å². The van der Waals surface area contributed by atoms with Crippen LogP contribution >= 0.6 is 11.8 Å². The number of rotatable bonds is 4. The lowest BCUT2D eigenvalue weighted by Crippen LogP contribution is -2.32. The molecule has 0 unspecified atom stereocenters. The number of aromatic nitrogens is 2. The maximum Gasteiger partial charge on any atom is 0.233 e. The predicted molar refractivity (Wildman–Crippen MR) is 80.8 cm³/mol. The van der Waals surface area contributed by atoms with Crippen LogP contribution in [-0.2, 0) is 4.79 Å². The Hall–Kier alpha value is -1.62. The first kappa shape index (κ1) is 13.4. The Morgan fingerprint density at radius 3 is 2.60 bits per heavy atom. The lowest BCUT2D eigenvalue weighted by Gasteiger charge is -2.12. The highest BCUT2D eigenvalue weighted by Crippen LogP contribution is 2.27. The third-order valence-corrected chi connectivity index (χ3v) is 4.46. The van der Waals surface area contributed by atoms with E-state index < -0.39 is 0 Å². The van der Waals surface area contributed by atoms with Crippen LogP contribution in [0.4, 0.5) is 0 Å². The fourth-order valence-corrected chi connectivity index (χ4v) is 2.83. The lowest BCUT2D eigenvalue weighted by molar-refractivity contribution is -0.120. The van der Waals surface area contributed by atoms with Crippen LogP contribution in [-0.4, -0.2) is 27.2 Å². The summed E-state index contributed by atoms with van der Waals surface area (Å²) in [5, 5.41) is 3.71. The van der Waals surface area contributed by atoms with Gasteiger partial charge in [-0.25, -0.2) is 9.97 Å². The van der Waals surface area contributed by atoms with E-state index in [1.54, 1.807) is 0 Å². The van der Waals surface area contributed by atoms with Gasteiger partial charge in [0.1, 0.15) is 5.03 Å². The first-order chi connectivity index (χ1) is 9.63. The zero-order chi connectivity index (χ0) is 14.1. The molecule has 5 heteroatoms. The number of hydrogen-bond donors (Lipinski definition) is 1. The van der Waals surface area contributed by atoms with Gasteiger partial charge >= 0.3 is 0 Å². The molecule has 1 atom stereocenters. The zero-order valence-electron chi connectivity index (χ0n) is 11.6. The molecule has 0 radical (unpaired) electrons. The second kappa shape index (κ2) is 5.40. The van der Waals surface area contributed by atoms with E-state index in [-0.39, 0.29) is 11.2 Å². The van der Waals surface area contributed by atoms with E-state index in [0.717, 1.165) is 34.6 Å². The molecule has 4 nitrogen and oxygen atoms in total. The monoisotopic (exact) mass is 287 g/mol. The Kier molecular flexibility index (Phi) is 3.61. The smallest absolute Gasteiger partial charge is 0.233 e. The molecule has 1 heterocycles. The average Bonchev–Trinajstić information content (AvgIpc) is 3.23. The van der Waals surface area contributed by atoms with Gasteiger partial charge in [0.2, 0.25) is 5.91 Å². The number of carbonyl (C=O) groups excluding carboxylic acids is 1. The number of nitrogens with one attached hydrogen (secondary N) is 1. The number of aryl methyl sites for hydroxylation is 1. The standard InChI is InChI=1S/C15H17N3OS/c1-9-15(18-13-6-4-3-5-12(13)16-9)20-10(2)14(19)17-11-7-8-11/h3-6,10-11H,7-8H2,1-2H3,(H,17,19)/t10-/m1/s1. The van der Waals surface area contributed by atoms with Crippen molar-refractivity contribution >= 4 is 28.7 Å². The summed E-state index contributed by atoms with van der Waals surface area (Å²) in [6.07, 6.45) is 2.22. The van der Waals surface area contributed by atoms with Crippen LogP contribution in [0.5, 0.6) is 0 Å². The minimum atomic E-state index is -0.148. The van der Waals surface area contributed by atoms with Crippen LogP contribution in [0.15, 0.2) is 29.3 Å². The van der Waals surface area contributed by atoms with E-state index in [2.05, 4.69) is 15.3 Å². The number of para-hydroxylation sites is 2. The Morgan fingerprint density at radius 1 is 1.30 bits per heavy atom. The number of nitrogens with zero attached hydrogens (tertiary/aromatic N) is 2. The summed E-state index contributed by atoms with van der Waals surface area (Å²) in [4.78, 5) is 21.2. The fourth-order valence-electron chi connectivity index (χ4n) is 1.95. The normalized spacial score (nSPS) is 16.1. The molecule has 1 aliphatic carbocycles. The van der Waals surface area contributed by atoms with E-state index in [0.29, 0.717) is 6.04 Å². The van der Waals surface area contributed by atoms with Crippen LogP contribution < -0.4 is 5.32 Å². The molecule has 1 aromatic carbocycles. The largest absolute Gasteiger partial charge is 0.352 e.